The van der Waals surface area contributed by atoms with Crippen molar-refractivity contribution in [3.8, 4) is 0 Å². The van der Waals surface area contributed by atoms with E-state index in [2.05, 4.69) is 5.10 Å². The van der Waals surface area contributed by atoms with Crippen molar-refractivity contribution in [1.29, 1.82) is 0 Å². The molecule has 0 N–H and O–H groups in total. The maximum atomic E-state index is 12.3. The molecule has 2 aromatic heterocycles. The van der Waals surface area contributed by atoms with Crippen molar-refractivity contribution in [1.82, 2.24) is 14.2 Å². The Morgan fingerprint density at radius 2 is 2.00 bits per heavy atom. The third kappa shape index (κ3) is 2.74. The molecule has 0 spiro atoms. The van der Waals surface area contributed by atoms with Gasteiger partial charge in [-0.3, -0.25) is 9.36 Å². The highest BCUT2D eigenvalue weighted by atomic mass is 16.6. The molecule has 6 heteroatoms. The molecule has 2 heterocycles. The van der Waals surface area contributed by atoms with Crippen LogP contribution in [0.3, 0.4) is 0 Å². The second-order valence-corrected chi connectivity index (χ2v) is 5.84. The number of ether oxygens (including phenoxy) is 1. The van der Waals surface area contributed by atoms with Crippen LogP contribution in [0.15, 0.2) is 23.3 Å². The molecule has 0 aliphatic carbocycles. The average Bonchev–Trinajstić information content (AvgIpc) is 2.68. The van der Waals surface area contributed by atoms with Gasteiger partial charge in [-0.05, 0) is 40.7 Å². The van der Waals surface area contributed by atoms with Crippen LogP contribution >= 0.6 is 0 Å². The topological polar surface area (TPSA) is 65.6 Å². The lowest BCUT2D eigenvalue weighted by Crippen LogP contribution is -2.33. The maximum absolute atomic E-state index is 12.3. The summed E-state index contributed by atoms with van der Waals surface area (Å²) in [5.74, 6) is -0.430. The third-order valence-corrected chi connectivity index (χ3v) is 2.85. The summed E-state index contributed by atoms with van der Waals surface area (Å²) >= 11 is 0. The Morgan fingerprint density at radius 3 is 2.60 bits per heavy atom. The van der Waals surface area contributed by atoms with Crippen molar-refractivity contribution < 1.29 is 9.53 Å². The summed E-state index contributed by atoms with van der Waals surface area (Å²) in [4.78, 5) is 24.4. The molecule has 0 fully saturated rings. The van der Waals surface area contributed by atoms with Crippen LogP contribution in [0.1, 0.15) is 39.4 Å². The van der Waals surface area contributed by atoms with Crippen molar-refractivity contribution in [2.75, 3.05) is 0 Å². The van der Waals surface area contributed by atoms with E-state index in [0.29, 0.717) is 5.52 Å². The lowest BCUT2D eigenvalue weighted by molar-refractivity contribution is -0.158. The SMILES string of the molecule is Cc1cc2c(=O)n(C(C)C(=O)OC(C)(C)C)ccn2n1. The number of hydrogen-bond donors (Lipinski definition) is 0. The van der Waals surface area contributed by atoms with E-state index in [1.54, 1.807) is 46.2 Å². The predicted octanol–water partition coefficient (Wildman–Crippen LogP) is 1.71. The van der Waals surface area contributed by atoms with Crippen LogP contribution in [0.2, 0.25) is 0 Å². The highest BCUT2D eigenvalue weighted by Crippen LogP contribution is 2.14. The lowest BCUT2D eigenvalue weighted by Gasteiger charge is -2.23. The Kier molecular flexibility index (Phi) is 3.41. The van der Waals surface area contributed by atoms with E-state index in [1.165, 1.54) is 9.08 Å². The Labute approximate surface area is 117 Å². The molecule has 20 heavy (non-hydrogen) atoms. The normalized spacial score (nSPS) is 13.4. The van der Waals surface area contributed by atoms with Gasteiger partial charge in [0.05, 0.1) is 5.69 Å². The maximum Gasteiger partial charge on any atom is 0.329 e. The number of fused-ring (bicyclic) bond motifs is 1. The summed E-state index contributed by atoms with van der Waals surface area (Å²) in [5, 5.41) is 4.17. The Balaban J connectivity index is 2.40. The summed E-state index contributed by atoms with van der Waals surface area (Å²) < 4.78 is 8.18. The van der Waals surface area contributed by atoms with Gasteiger partial charge < -0.3 is 4.74 Å². The standard InChI is InChI=1S/C14H19N3O3/c1-9-8-11-12(18)16(6-7-17(11)15-9)10(2)13(19)20-14(3,4)5/h6-8,10H,1-5H3. The van der Waals surface area contributed by atoms with Crippen LogP contribution in [0.5, 0.6) is 0 Å². The molecule has 1 atom stereocenters. The molecule has 2 aromatic rings. The fraction of sp³-hybridized carbons (Fsp3) is 0.500. The minimum Gasteiger partial charge on any atom is -0.458 e. The molecule has 0 saturated carbocycles. The van der Waals surface area contributed by atoms with E-state index < -0.39 is 17.6 Å². The van der Waals surface area contributed by atoms with Crippen LogP contribution in [0.4, 0.5) is 0 Å². The second-order valence-electron chi connectivity index (χ2n) is 5.84. The van der Waals surface area contributed by atoms with Crippen LogP contribution in [-0.2, 0) is 9.53 Å². The van der Waals surface area contributed by atoms with Gasteiger partial charge in [0.25, 0.3) is 5.56 Å². The van der Waals surface area contributed by atoms with E-state index in [1.807, 2.05) is 6.92 Å². The van der Waals surface area contributed by atoms with Gasteiger partial charge in [-0.25, -0.2) is 9.31 Å². The summed E-state index contributed by atoms with van der Waals surface area (Å²) in [6, 6.07) is 1.02. The van der Waals surface area contributed by atoms with Gasteiger partial charge in [0, 0.05) is 12.4 Å². The lowest BCUT2D eigenvalue weighted by atomic mass is 10.2. The summed E-state index contributed by atoms with van der Waals surface area (Å²) in [5.41, 5.74) is 0.364. The number of carbonyl (C=O) groups excluding carboxylic acids is 1. The molecule has 2 rings (SSSR count). The minimum absolute atomic E-state index is 0.258. The van der Waals surface area contributed by atoms with Crippen molar-refractivity contribution in [3.63, 3.8) is 0 Å². The molecule has 0 aliphatic heterocycles. The van der Waals surface area contributed by atoms with E-state index in [-0.39, 0.29) is 5.56 Å². The Morgan fingerprint density at radius 1 is 1.35 bits per heavy atom. The van der Waals surface area contributed by atoms with Crippen molar-refractivity contribution in [3.05, 3.63) is 34.5 Å². The Hall–Kier alpha value is -2.11. The molecule has 0 bridgehead atoms. The van der Waals surface area contributed by atoms with Crippen molar-refractivity contribution in [2.45, 2.75) is 46.3 Å². The van der Waals surface area contributed by atoms with Crippen LogP contribution in [0.25, 0.3) is 5.52 Å². The van der Waals surface area contributed by atoms with Crippen LogP contribution in [0, 0.1) is 6.92 Å². The first-order chi connectivity index (χ1) is 9.19. The van der Waals surface area contributed by atoms with Crippen molar-refractivity contribution >= 4 is 11.5 Å². The molecule has 0 aromatic carbocycles. The molecule has 6 nitrogen and oxygen atoms in total. The number of nitrogens with zero attached hydrogens (tertiary/aromatic N) is 3. The van der Waals surface area contributed by atoms with Crippen LogP contribution < -0.4 is 5.56 Å². The molecular weight excluding hydrogens is 258 g/mol. The molecule has 0 radical (unpaired) electrons. The third-order valence-electron chi connectivity index (χ3n) is 2.85. The molecule has 108 valence electrons. The molecule has 0 amide bonds. The minimum atomic E-state index is -0.679. The van der Waals surface area contributed by atoms with Crippen LogP contribution in [-0.4, -0.2) is 25.8 Å². The number of aromatic nitrogens is 3. The Bertz CT molecular complexity index is 707. The van der Waals surface area contributed by atoms with Crippen molar-refractivity contribution in [2.24, 2.45) is 0 Å². The quantitative estimate of drug-likeness (QED) is 0.784. The predicted molar refractivity (Wildman–Crippen MR) is 74.7 cm³/mol. The smallest absolute Gasteiger partial charge is 0.329 e. The molecule has 0 aliphatic rings. The first kappa shape index (κ1) is 14.3. The first-order valence-corrected chi connectivity index (χ1v) is 6.49. The summed E-state index contributed by atoms with van der Waals surface area (Å²) in [7, 11) is 0. The zero-order chi connectivity index (χ0) is 15.1. The van der Waals surface area contributed by atoms with E-state index >= 15 is 0 Å². The molecule has 1 unspecified atom stereocenters. The number of hydrogen-bond acceptors (Lipinski definition) is 4. The molecular formula is C14H19N3O3. The highest BCUT2D eigenvalue weighted by molar-refractivity contribution is 5.74. The van der Waals surface area contributed by atoms with Gasteiger partial charge in [-0.15, -0.1) is 0 Å². The van der Waals surface area contributed by atoms with E-state index in [9.17, 15) is 9.59 Å². The fourth-order valence-corrected chi connectivity index (χ4v) is 1.93. The number of aryl methyl sites for hydroxylation is 1. The van der Waals surface area contributed by atoms with Gasteiger partial charge in [0.2, 0.25) is 0 Å². The zero-order valence-corrected chi connectivity index (χ0v) is 12.4. The largest absolute Gasteiger partial charge is 0.458 e. The number of esters is 1. The average molecular weight is 277 g/mol. The monoisotopic (exact) mass is 277 g/mol. The number of rotatable bonds is 2. The van der Waals surface area contributed by atoms with Gasteiger partial charge in [0.1, 0.15) is 17.2 Å². The second kappa shape index (κ2) is 4.77. The molecule has 0 saturated heterocycles. The van der Waals surface area contributed by atoms with Gasteiger partial charge in [-0.2, -0.15) is 5.10 Å². The van der Waals surface area contributed by atoms with Gasteiger partial charge in [-0.1, -0.05) is 0 Å². The highest BCUT2D eigenvalue weighted by Gasteiger charge is 2.24. The summed E-state index contributed by atoms with van der Waals surface area (Å²) in [6.07, 6.45) is 3.21. The van der Waals surface area contributed by atoms with E-state index in [4.69, 9.17) is 4.74 Å². The fourth-order valence-electron chi connectivity index (χ4n) is 1.93. The number of carbonyl (C=O) groups is 1. The summed E-state index contributed by atoms with van der Waals surface area (Å²) in [6.45, 7) is 8.85. The first-order valence-electron chi connectivity index (χ1n) is 6.49. The van der Waals surface area contributed by atoms with Gasteiger partial charge in [0.15, 0.2) is 0 Å². The van der Waals surface area contributed by atoms with Gasteiger partial charge >= 0.3 is 5.97 Å². The van der Waals surface area contributed by atoms with E-state index in [0.717, 1.165) is 5.69 Å². The zero-order valence-electron chi connectivity index (χ0n) is 12.4.